The fourth-order valence-electron chi connectivity index (χ4n) is 1.40. The van der Waals surface area contributed by atoms with E-state index in [1.807, 2.05) is 13.2 Å². The summed E-state index contributed by atoms with van der Waals surface area (Å²) in [7, 11) is -3.64. The van der Waals surface area contributed by atoms with Crippen molar-refractivity contribution in [3.05, 3.63) is 24.3 Å². The van der Waals surface area contributed by atoms with Gasteiger partial charge in [0.1, 0.15) is 10.6 Å². The van der Waals surface area contributed by atoms with E-state index in [0.29, 0.717) is 12.2 Å². The molecule has 0 amide bonds. The molecular weight excluding hydrogens is 258 g/mol. The lowest BCUT2D eigenvalue weighted by Crippen LogP contribution is -2.36. The van der Waals surface area contributed by atoms with E-state index in [4.69, 9.17) is 0 Å². The zero-order valence-electron chi connectivity index (χ0n) is 9.88. The monoisotopic (exact) mass is 275 g/mol. The van der Waals surface area contributed by atoms with Gasteiger partial charge in [-0.15, -0.1) is 0 Å². The number of phenolic OH excluding ortho intramolecular Hbond substituents is 1. The van der Waals surface area contributed by atoms with Crippen LogP contribution in [-0.2, 0) is 10.0 Å². The smallest absolute Gasteiger partial charge is 0.244 e. The van der Waals surface area contributed by atoms with Gasteiger partial charge in [-0.1, -0.05) is 19.1 Å². The Morgan fingerprint density at radius 2 is 2.06 bits per heavy atom. The second-order valence-corrected chi connectivity index (χ2v) is 6.24. The van der Waals surface area contributed by atoms with Gasteiger partial charge in [-0.05, 0) is 24.8 Å². The highest BCUT2D eigenvalue weighted by atomic mass is 32.2. The third-order valence-corrected chi connectivity index (χ3v) is 4.64. The highest BCUT2D eigenvalue weighted by Crippen LogP contribution is 2.21. The Bertz CT molecular complexity index is 460. The number of thioether (sulfide) groups is 1. The lowest BCUT2D eigenvalue weighted by Gasteiger charge is -2.16. The van der Waals surface area contributed by atoms with Gasteiger partial charge in [-0.3, -0.25) is 0 Å². The molecule has 0 saturated heterocycles. The summed E-state index contributed by atoms with van der Waals surface area (Å²) in [6.45, 7) is 1.92. The molecule has 0 fully saturated rings. The minimum Gasteiger partial charge on any atom is -0.507 e. The third-order valence-electron chi connectivity index (χ3n) is 2.34. The van der Waals surface area contributed by atoms with Gasteiger partial charge in [-0.2, -0.15) is 11.8 Å². The van der Waals surface area contributed by atoms with Gasteiger partial charge in [0.25, 0.3) is 0 Å². The molecule has 0 aliphatic carbocycles. The summed E-state index contributed by atoms with van der Waals surface area (Å²) in [5.74, 6) is 0.488. The van der Waals surface area contributed by atoms with Crippen molar-refractivity contribution in [2.45, 2.75) is 24.3 Å². The molecule has 4 nitrogen and oxygen atoms in total. The number of para-hydroxylation sites is 1. The van der Waals surface area contributed by atoms with Crippen LogP contribution in [0.25, 0.3) is 0 Å². The van der Waals surface area contributed by atoms with Crippen LogP contribution in [0.4, 0.5) is 0 Å². The van der Waals surface area contributed by atoms with Gasteiger partial charge in [0.2, 0.25) is 10.0 Å². The Hall–Kier alpha value is -0.720. The average molecular weight is 275 g/mol. The van der Waals surface area contributed by atoms with Crippen molar-refractivity contribution in [3.8, 4) is 5.75 Å². The summed E-state index contributed by atoms with van der Waals surface area (Å²) >= 11 is 1.58. The molecular formula is C11H17NO3S2. The Labute approximate surface area is 106 Å². The standard InChI is InChI=1S/C11H17NO3S2/c1-3-9(8-16-2)12-17(14,15)11-7-5-4-6-10(11)13/h4-7,9,12-13H,3,8H2,1-2H3. The van der Waals surface area contributed by atoms with Gasteiger partial charge < -0.3 is 5.11 Å². The van der Waals surface area contributed by atoms with Gasteiger partial charge >= 0.3 is 0 Å². The van der Waals surface area contributed by atoms with Crippen molar-refractivity contribution in [3.63, 3.8) is 0 Å². The summed E-state index contributed by atoms with van der Waals surface area (Å²) in [6.07, 6.45) is 2.64. The molecule has 17 heavy (non-hydrogen) atoms. The molecule has 0 aliphatic heterocycles. The largest absolute Gasteiger partial charge is 0.507 e. The van der Waals surface area contributed by atoms with E-state index in [-0.39, 0.29) is 16.7 Å². The molecule has 6 heteroatoms. The molecule has 1 atom stereocenters. The Morgan fingerprint density at radius 1 is 1.41 bits per heavy atom. The van der Waals surface area contributed by atoms with Gasteiger partial charge in [0, 0.05) is 11.8 Å². The maximum Gasteiger partial charge on any atom is 0.244 e. The second-order valence-electron chi connectivity index (χ2n) is 3.65. The molecule has 1 aromatic carbocycles. The van der Waals surface area contributed by atoms with E-state index in [0.717, 1.165) is 0 Å². The first kappa shape index (κ1) is 14.3. The second kappa shape index (κ2) is 6.28. The van der Waals surface area contributed by atoms with Crippen LogP contribution in [0, 0.1) is 0 Å². The van der Waals surface area contributed by atoms with Crippen molar-refractivity contribution < 1.29 is 13.5 Å². The number of sulfonamides is 1. The van der Waals surface area contributed by atoms with Crippen molar-refractivity contribution >= 4 is 21.8 Å². The molecule has 2 N–H and O–H groups in total. The summed E-state index contributed by atoms with van der Waals surface area (Å²) in [5.41, 5.74) is 0. The fourth-order valence-corrected chi connectivity index (χ4v) is 3.65. The molecule has 0 bridgehead atoms. The number of phenols is 1. The minimum absolute atomic E-state index is 0.0699. The first-order valence-corrected chi connectivity index (χ1v) is 8.18. The van der Waals surface area contributed by atoms with Crippen LogP contribution < -0.4 is 4.72 Å². The molecule has 96 valence electrons. The first-order valence-electron chi connectivity index (χ1n) is 5.30. The normalized spacial score (nSPS) is 13.5. The zero-order chi connectivity index (χ0) is 12.9. The van der Waals surface area contributed by atoms with Crippen LogP contribution in [0.3, 0.4) is 0 Å². The van der Waals surface area contributed by atoms with Gasteiger partial charge in [0.15, 0.2) is 0 Å². The highest BCUT2D eigenvalue weighted by Gasteiger charge is 2.21. The Balaban J connectivity index is 2.92. The molecule has 0 heterocycles. The number of nitrogens with one attached hydrogen (secondary N) is 1. The van der Waals surface area contributed by atoms with E-state index in [1.54, 1.807) is 23.9 Å². The van der Waals surface area contributed by atoms with Crippen molar-refractivity contribution in [1.82, 2.24) is 4.72 Å². The molecule has 0 aromatic heterocycles. The molecule has 1 unspecified atom stereocenters. The molecule has 0 saturated carbocycles. The quantitative estimate of drug-likeness (QED) is 0.831. The predicted octanol–water partition coefficient (Wildman–Crippen LogP) is 1.81. The lowest BCUT2D eigenvalue weighted by molar-refractivity contribution is 0.457. The van der Waals surface area contributed by atoms with Crippen molar-refractivity contribution in [1.29, 1.82) is 0 Å². The van der Waals surface area contributed by atoms with Crippen LogP contribution in [0.1, 0.15) is 13.3 Å². The van der Waals surface area contributed by atoms with E-state index in [9.17, 15) is 13.5 Å². The van der Waals surface area contributed by atoms with E-state index >= 15 is 0 Å². The minimum atomic E-state index is -3.64. The summed E-state index contributed by atoms with van der Waals surface area (Å²) < 4.78 is 26.6. The molecule has 1 rings (SSSR count). The van der Waals surface area contributed by atoms with Crippen molar-refractivity contribution in [2.24, 2.45) is 0 Å². The van der Waals surface area contributed by atoms with Crippen molar-refractivity contribution in [2.75, 3.05) is 12.0 Å². The number of hydrogen-bond acceptors (Lipinski definition) is 4. The number of aromatic hydroxyl groups is 1. The van der Waals surface area contributed by atoms with Gasteiger partial charge in [-0.25, -0.2) is 13.1 Å². The van der Waals surface area contributed by atoms with Crippen LogP contribution in [0.15, 0.2) is 29.2 Å². The third kappa shape index (κ3) is 3.90. The van der Waals surface area contributed by atoms with Crippen LogP contribution in [0.2, 0.25) is 0 Å². The summed E-state index contributed by atoms with van der Waals surface area (Å²) in [6, 6.07) is 5.82. The van der Waals surface area contributed by atoms with E-state index < -0.39 is 10.0 Å². The van der Waals surface area contributed by atoms with Crippen LogP contribution >= 0.6 is 11.8 Å². The van der Waals surface area contributed by atoms with E-state index in [1.165, 1.54) is 12.1 Å². The molecule has 0 spiro atoms. The maximum absolute atomic E-state index is 12.0. The summed E-state index contributed by atoms with van der Waals surface area (Å²) in [5, 5.41) is 9.54. The fraction of sp³-hybridized carbons (Fsp3) is 0.455. The topological polar surface area (TPSA) is 66.4 Å². The van der Waals surface area contributed by atoms with Gasteiger partial charge in [0.05, 0.1) is 0 Å². The average Bonchev–Trinajstić information content (AvgIpc) is 2.28. The highest BCUT2D eigenvalue weighted by molar-refractivity contribution is 7.98. The van der Waals surface area contributed by atoms with E-state index in [2.05, 4.69) is 4.72 Å². The Kier molecular flexibility index (Phi) is 5.30. The predicted molar refractivity (Wildman–Crippen MR) is 70.9 cm³/mol. The number of hydrogen-bond donors (Lipinski definition) is 2. The number of rotatable bonds is 6. The summed E-state index contributed by atoms with van der Waals surface area (Å²) in [4.78, 5) is -0.0699. The SMILES string of the molecule is CCC(CSC)NS(=O)(=O)c1ccccc1O. The lowest BCUT2D eigenvalue weighted by atomic mass is 10.3. The zero-order valence-corrected chi connectivity index (χ0v) is 11.5. The molecule has 0 radical (unpaired) electrons. The first-order chi connectivity index (χ1) is 8.01. The maximum atomic E-state index is 12.0. The van der Waals surface area contributed by atoms with Crippen LogP contribution in [0.5, 0.6) is 5.75 Å². The molecule has 1 aromatic rings. The Morgan fingerprint density at radius 3 is 2.59 bits per heavy atom. The molecule has 0 aliphatic rings. The van der Waals surface area contributed by atoms with Crippen LogP contribution in [-0.4, -0.2) is 31.6 Å². The number of benzene rings is 1.